The molecular formula is C15H18N2O2. The maximum atomic E-state index is 12.1. The number of hydrogen-bond acceptors (Lipinski definition) is 3. The molecule has 1 amide bonds. The lowest BCUT2D eigenvalue weighted by Gasteiger charge is -2.06. The standard InChI is InChI=1S/C15H18N2O2/c1-9-10(2)19-11(3)14(9)15(18)17-8-12-4-6-13(16)7-5-12/h4-7H,8,16H2,1-3H3,(H,17,18). The molecule has 1 heterocycles. The van der Waals surface area contributed by atoms with Crippen molar-refractivity contribution >= 4 is 11.6 Å². The Bertz CT molecular complexity index is 597. The summed E-state index contributed by atoms with van der Waals surface area (Å²) in [5, 5.41) is 2.89. The highest BCUT2D eigenvalue weighted by atomic mass is 16.3. The number of nitrogens with one attached hydrogen (secondary N) is 1. The van der Waals surface area contributed by atoms with Gasteiger partial charge in [-0.2, -0.15) is 0 Å². The van der Waals surface area contributed by atoms with Gasteiger partial charge in [-0.05, 0) is 38.5 Å². The van der Waals surface area contributed by atoms with Crippen molar-refractivity contribution < 1.29 is 9.21 Å². The van der Waals surface area contributed by atoms with E-state index in [9.17, 15) is 4.79 Å². The van der Waals surface area contributed by atoms with Gasteiger partial charge in [-0.15, -0.1) is 0 Å². The van der Waals surface area contributed by atoms with Crippen molar-refractivity contribution in [3.63, 3.8) is 0 Å². The third kappa shape index (κ3) is 2.78. The lowest BCUT2D eigenvalue weighted by molar-refractivity contribution is 0.0949. The van der Waals surface area contributed by atoms with Gasteiger partial charge in [-0.25, -0.2) is 0 Å². The van der Waals surface area contributed by atoms with E-state index in [4.69, 9.17) is 10.2 Å². The van der Waals surface area contributed by atoms with Gasteiger partial charge in [-0.3, -0.25) is 4.79 Å². The number of hydrogen-bond donors (Lipinski definition) is 2. The predicted molar refractivity (Wildman–Crippen MR) is 74.9 cm³/mol. The van der Waals surface area contributed by atoms with Crippen LogP contribution in [-0.2, 0) is 6.54 Å². The number of aryl methyl sites for hydroxylation is 2. The number of carbonyl (C=O) groups excluding carboxylic acids is 1. The average Bonchev–Trinajstić information content (AvgIpc) is 2.62. The van der Waals surface area contributed by atoms with Crippen molar-refractivity contribution in [2.45, 2.75) is 27.3 Å². The second kappa shape index (κ2) is 5.18. The number of rotatable bonds is 3. The summed E-state index contributed by atoms with van der Waals surface area (Å²) >= 11 is 0. The molecule has 1 aromatic carbocycles. The smallest absolute Gasteiger partial charge is 0.255 e. The van der Waals surface area contributed by atoms with Gasteiger partial charge in [0, 0.05) is 17.8 Å². The molecule has 0 atom stereocenters. The first-order chi connectivity index (χ1) is 8.99. The van der Waals surface area contributed by atoms with E-state index in [0.717, 1.165) is 16.9 Å². The Labute approximate surface area is 112 Å². The van der Waals surface area contributed by atoms with E-state index in [1.165, 1.54) is 0 Å². The van der Waals surface area contributed by atoms with Gasteiger partial charge >= 0.3 is 0 Å². The minimum Gasteiger partial charge on any atom is -0.466 e. The molecule has 4 heteroatoms. The highest BCUT2D eigenvalue weighted by molar-refractivity contribution is 5.96. The maximum Gasteiger partial charge on any atom is 0.255 e. The van der Waals surface area contributed by atoms with Gasteiger partial charge in [0.25, 0.3) is 5.91 Å². The zero-order valence-corrected chi connectivity index (χ0v) is 11.4. The summed E-state index contributed by atoms with van der Waals surface area (Å²) in [6.45, 7) is 6.03. The Hall–Kier alpha value is -2.23. The van der Waals surface area contributed by atoms with Crippen LogP contribution in [0.1, 0.15) is 33.0 Å². The Balaban J connectivity index is 2.07. The number of amides is 1. The van der Waals surface area contributed by atoms with E-state index in [0.29, 0.717) is 23.6 Å². The van der Waals surface area contributed by atoms with Crippen molar-refractivity contribution in [1.29, 1.82) is 0 Å². The molecule has 0 saturated carbocycles. The van der Waals surface area contributed by atoms with Crippen LogP contribution in [0, 0.1) is 20.8 Å². The predicted octanol–water partition coefficient (Wildman–Crippen LogP) is 2.72. The van der Waals surface area contributed by atoms with Crippen LogP contribution >= 0.6 is 0 Å². The summed E-state index contributed by atoms with van der Waals surface area (Å²) in [5.41, 5.74) is 8.87. The van der Waals surface area contributed by atoms with Crippen LogP contribution in [-0.4, -0.2) is 5.91 Å². The molecule has 0 saturated heterocycles. The molecule has 0 aliphatic carbocycles. The SMILES string of the molecule is Cc1oc(C)c(C(=O)NCc2ccc(N)cc2)c1C. The van der Waals surface area contributed by atoms with Gasteiger partial charge in [0.1, 0.15) is 11.5 Å². The molecule has 19 heavy (non-hydrogen) atoms. The van der Waals surface area contributed by atoms with Crippen LogP contribution in [0.25, 0.3) is 0 Å². The van der Waals surface area contributed by atoms with E-state index in [1.807, 2.05) is 38.1 Å². The van der Waals surface area contributed by atoms with Crippen LogP contribution in [0.4, 0.5) is 5.69 Å². The van der Waals surface area contributed by atoms with E-state index >= 15 is 0 Å². The molecule has 0 aliphatic rings. The molecular weight excluding hydrogens is 240 g/mol. The van der Waals surface area contributed by atoms with Crippen molar-refractivity contribution in [1.82, 2.24) is 5.32 Å². The molecule has 3 N–H and O–H groups in total. The number of nitrogen functional groups attached to an aromatic ring is 1. The summed E-state index contributed by atoms with van der Waals surface area (Å²) in [5.74, 6) is 1.34. The molecule has 2 rings (SSSR count). The minimum absolute atomic E-state index is 0.108. The van der Waals surface area contributed by atoms with E-state index < -0.39 is 0 Å². The Morgan fingerprint density at radius 1 is 1.16 bits per heavy atom. The molecule has 0 radical (unpaired) electrons. The molecule has 1 aromatic heterocycles. The van der Waals surface area contributed by atoms with Crippen molar-refractivity contribution in [3.8, 4) is 0 Å². The van der Waals surface area contributed by atoms with E-state index in [1.54, 1.807) is 6.92 Å². The van der Waals surface area contributed by atoms with E-state index in [-0.39, 0.29) is 5.91 Å². The zero-order valence-electron chi connectivity index (χ0n) is 11.4. The number of anilines is 1. The summed E-state index contributed by atoms with van der Waals surface area (Å²) in [4.78, 5) is 12.1. The summed E-state index contributed by atoms with van der Waals surface area (Å²) in [6, 6.07) is 7.44. The lowest BCUT2D eigenvalue weighted by atomic mass is 10.1. The second-order valence-corrected chi connectivity index (χ2v) is 4.64. The molecule has 0 aliphatic heterocycles. The van der Waals surface area contributed by atoms with Crippen LogP contribution < -0.4 is 11.1 Å². The number of benzene rings is 1. The number of nitrogens with two attached hydrogens (primary N) is 1. The topological polar surface area (TPSA) is 68.3 Å². The van der Waals surface area contributed by atoms with Gasteiger partial charge < -0.3 is 15.5 Å². The maximum absolute atomic E-state index is 12.1. The molecule has 2 aromatic rings. The van der Waals surface area contributed by atoms with Crippen LogP contribution in [0.15, 0.2) is 28.7 Å². The highest BCUT2D eigenvalue weighted by Crippen LogP contribution is 2.20. The third-order valence-corrected chi connectivity index (χ3v) is 3.22. The first-order valence-electron chi connectivity index (χ1n) is 6.18. The van der Waals surface area contributed by atoms with E-state index in [2.05, 4.69) is 5.32 Å². The largest absolute Gasteiger partial charge is 0.466 e. The van der Waals surface area contributed by atoms with Gasteiger partial charge in [0.05, 0.1) is 5.56 Å². The summed E-state index contributed by atoms with van der Waals surface area (Å²) in [6.07, 6.45) is 0. The van der Waals surface area contributed by atoms with Crippen LogP contribution in [0.2, 0.25) is 0 Å². The first kappa shape index (κ1) is 13.2. The van der Waals surface area contributed by atoms with Crippen molar-refractivity contribution in [3.05, 3.63) is 52.5 Å². The van der Waals surface area contributed by atoms with Gasteiger partial charge in [-0.1, -0.05) is 12.1 Å². The molecule has 0 bridgehead atoms. The first-order valence-corrected chi connectivity index (χ1v) is 6.18. The number of furan rings is 1. The fourth-order valence-corrected chi connectivity index (χ4v) is 2.03. The fourth-order valence-electron chi connectivity index (χ4n) is 2.03. The van der Waals surface area contributed by atoms with Crippen LogP contribution in [0.5, 0.6) is 0 Å². The molecule has 0 fully saturated rings. The Morgan fingerprint density at radius 3 is 2.32 bits per heavy atom. The quantitative estimate of drug-likeness (QED) is 0.832. The molecule has 100 valence electrons. The highest BCUT2D eigenvalue weighted by Gasteiger charge is 2.17. The van der Waals surface area contributed by atoms with Gasteiger partial charge in [0.15, 0.2) is 0 Å². The Morgan fingerprint density at radius 2 is 1.79 bits per heavy atom. The summed E-state index contributed by atoms with van der Waals surface area (Å²) in [7, 11) is 0. The van der Waals surface area contributed by atoms with Crippen LogP contribution in [0.3, 0.4) is 0 Å². The van der Waals surface area contributed by atoms with Crippen molar-refractivity contribution in [2.75, 3.05) is 5.73 Å². The van der Waals surface area contributed by atoms with Gasteiger partial charge in [0.2, 0.25) is 0 Å². The zero-order chi connectivity index (χ0) is 14.0. The van der Waals surface area contributed by atoms with Crippen molar-refractivity contribution in [2.24, 2.45) is 0 Å². The fraction of sp³-hybridized carbons (Fsp3) is 0.267. The summed E-state index contributed by atoms with van der Waals surface area (Å²) < 4.78 is 5.46. The molecule has 4 nitrogen and oxygen atoms in total. The molecule has 0 spiro atoms. The average molecular weight is 258 g/mol. The lowest BCUT2D eigenvalue weighted by Crippen LogP contribution is -2.23. The third-order valence-electron chi connectivity index (χ3n) is 3.22. The normalized spacial score (nSPS) is 10.5. The minimum atomic E-state index is -0.108. The Kier molecular flexibility index (Phi) is 3.60. The molecule has 0 unspecified atom stereocenters. The second-order valence-electron chi connectivity index (χ2n) is 4.64. The number of carbonyl (C=O) groups is 1. The monoisotopic (exact) mass is 258 g/mol.